The van der Waals surface area contributed by atoms with Crippen LogP contribution in [0.2, 0.25) is 5.02 Å². The quantitative estimate of drug-likeness (QED) is 0.433. The molecule has 33 heavy (non-hydrogen) atoms. The van der Waals surface area contributed by atoms with Gasteiger partial charge >= 0.3 is 0 Å². The summed E-state index contributed by atoms with van der Waals surface area (Å²) < 4.78 is 32.8. The molecule has 0 N–H and O–H groups in total. The summed E-state index contributed by atoms with van der Waals surface area (Å²) in [5.41, 5.74) is 0.482. The lowest BCUT2D eigenvalue weighted by Crippen LogP contribution is -2.42. The number of carbonyl (C=O) groups is 1. The van der Waals surface area contributed by atoms with Crippen molar-refractivity contribution in [1.82, 2.24) is 0 Å². The van der Waals surface area contributed by atoms with Crippen LogP contribution in [0.15, 0.2) is 72.7 Å². The molecule has 2 aromatic rings. The summed E-state index contributed by atoms with van der Waals surface area (Å²) in [6.45, 7) is 13.9. The fraction of sp³-hybridized carbons (Fsp3) is 0.346. The minimum absolute atomic E-state index is 0.0336. The highest BCUT2D eigenvalue weighted by Crippen LogP contribution is 2.46. The fourth-order valence-corrected chi connectivity index (χ4v) is 6.43. The van der Waals surface area contributed by atoms with Crippen molar-refractivity contribution in [2.24, 2.45) is 5.41 Å². The Balaban J connectivity index is 2.24. The maximum Gasteiger partial charge on any atom is 0.236 e. The Morgan fingerprint density at radius 1 is 1.12 bits per heavy atom. The van der Waals surface area contributed by atoms with Gasteiger partial charge in [-0.15, -0.1) is 13.2 Å². The molecular weight excluding hydrogens is 458 g/mol. The van der Waals surface area contributed by atoms with E-state index in [1.165, 1.54) is 12.1 Å². The van der Waals surface area contributed by atoms with E-state index in [2.05, 4.69) is 13.2 Å². The van der Waals surface area contributed by atoms with Crippen LogP contribution in [-0.4, -0.2) is 27.5 Å². The highest BCUT2D eigenvalue weighted by atomic mass is 35.5. The van der Waals surface area contributed by atoms with Crippen LogP contribution >= 0.6 is 11.6 Å². The van der Waals surface area contributed by atoms with Gasteiger partial charge in [0.25, 0.3) is 0 Å². The van der Waals surface area contributed by atoms with Crippen molar-refractivity contribution in [3.63, 3.8) is 0 Å². The number of nitrogens with zero attached hydrogens (tertiary/aromatic N) is 1. The van der Waals surface area contributed by atoms with Gasteiger partial charge in [0.15, 0.2) is 9.84 Å². The van der Waals surface area contributed by atoms with Gasteiger partial charge in [0.1, 0.15) is 17.1 Å². The van der Waals surface area contributed by atoms with Gasteiger partial charge in [-0.05, 0) is 75.6 Å². The van der Waals surface area contributed by atoms with E-state index in [4.69, 9.17) is 16.3 Å². The number of hydrogen-bond acceptors (Lipinski definition) is 4. The van der Waals surface area contributed by atoms with Gasteiger partial charge in [-0.2, -0.15) is 0 Å². The summed E-state index contributed by atoms with van der Waals surface area (Å²) in [5, 5.41) is 0.456. The van der Waals surface area contributed by atoms with E-state index < -0.39 is 20.0 Å². The van der Waals surface area contributed by atoms with Crippen LogP contribution in [-0.2, 0) is 19.4 Å². The molecule has 3 rings (SSSR count). The topological polar surface area (TPSA) is 63.7 Å². The van der Waals surface area contributed by atoms with Crippen LogP contribution < -0.4 is 9.64 Å². The Bertz CT molecular complexity index is 1160. The summed E-state index contributed by atoms with van der Waals surface area (Å²) in [7, 11) is -3.88. The summed E-state index contributed by atoms with van der Waals surface area (Å²) in [5.74, 6) is 0.450. The van der Waals surface area contributed by atoms with Crippen LogP contribution in [0.3, 0.4) is 0 Å². The van der Waals surface area contributed by atoms with Gasteiger partial charge in [-0.1, -0.05) is 29.8 Å². The molecule has 0 aromatic heterocycles. The molecule has 0 saturated heterocycles. The van der Waals surface area contributed by atoms with Crippen LogP contribution in [0.5, 0.6) is 5.75 Å². The predicted molar refractivity (Wildman–Crippen MR) is 134 cm³/mol. The van der Waals surface area contributed by atoms with Gasteiger partial charge in [0, 0.05) is 11.6 Å². The number of ether oxygens (including phenoxy) is 1. The number of allylic oxidation sites excluding steroid dienone is 2. The first-order valence-electron chi connectivity index (χ1n) is 10.9. The Morgan fingerprint density at radius 3 is 2.27 bits per heavy atom. The SMILES string of the molecule is C=CCC(CC=C)(c1ccc2c(c1)OCC(C)(C)C(=O)N2CC)S(=O)(=O)c1ccc(Cl)cc1. The number of benzene rings is 2. The predicted octanol–water partition coefficient (Wildman–Crippen LogP) is 5.93. The van der Waals surface area contributed by atoms with Crippen molar-refractivity contribution >= 4 is 33.0 Å². The van der Waals surface area contributed by atoms with Crippen molar-refractivity contribution in [2.45, 2.75) is 43.3 Å². The third kappa shape index (κ3) is 4.34. The van der Waals surface area contributed by atoms with E-state index in [0.29, 0.717) is 28.6 Å². The molecule has 2 aromatic carbocycles. The van der Waals surface area contributed by atoms with Gasteiger partial charge in [-0.25, -0.2) is 8.42 Å². The number of anilines is 1. The molecule has 1 amide bonds. The lowest BCUT2D eigenvalue weighted by Gasteiger charge is -2.33. The number of carbonyl (C=O) groups excluding carboxylic acids is 1. The van der Waals surface area contributed by atoms with E-state index in [-0.39, 0.29) is 30.3 Å². The first-order chi connectivity index (χ1) is 15.5. The molecule has 1 aliphatic heterocycles. The number of fused-ring (bicyclic) bond motifs is 1. The molecule has 0 fully saturated rings. The third-order valence-corrected chi connectivity index (χ3v) is 8.83. The average Bonchev–Trinajstić information content (AvgIpc) is 2.87. The molecule has 7 heteroatoms. The van der Waals surface area contributed by atoms with E-state index in [9.17, 15) is 13.2 Å². The zero-order chi connectivity index (χ0) is 24.4. The minimum Gasteiger partial charge on any atom is -0.490 e. The van der Waals surface area contributed by atoms with Crippen LogP contribution in [0, 0.1) is 5.41 Å². The van der Waals surface area contributed by atoms with Crippen LogP contribution in [0.1, 0.15) is 39.2 Å². The van der Waals surface area contributed by atoms with E-state index in [0.717, 1.165) is 0 Å². The summed E-state index contributed by atoms with van der Waals surface area (Å²) in [6, 6.07) is 11.4. The molecule has 0 saturated carbocycles. The highest BCUT2D eigenvalue weighted by Gasteiger charge is 2.45. The molecule has 0 spiro atoms. The fourth-order valence-electron chi connectivity index (χ4n) is 4.24. The lowest BCUT2D eigenvalue weighted by atomic mass is 9.90. The average molecular weight is 488 g/mol. The second-order valence-corrected chi connectivity index (χ2v) is 11.5. The molecule has 0 radical (unpaired) electrons. The summed E-state index contributed by atoms with van der Waals surface area (Å²) >= 11 is 6.00. The standard InChI is InChI=1S/C26H30ClNO4S/c1-6-15-26(16-7-2,33(30,31)21-12-10-20(27)11-13-21)19-9-14-22-23(17-19)32-18-25(4,5)24(29)28(22)8-3/h6-7,9-14,17H,1-2,8,15-16,18H2,3-5H3. The van der Waals surface area contributed by atoms with Crippen molar-refractivity contribution in [1.29, 1.82) is 0 Å². The third-order valence-electron chi connectivity index (χ3n) is 6.09. The number of rotatable bonds is 8. The molecule has 0 aliphatic carbocycles. The first-order valence-corrected chi connectivity index (χ1v) is 12.7. The molecule has 0 atom stereocenters. The molecule has 1 heterocycles. The smallest absolute Gasteiger partial charge is 0.236 e. The second-order valence-electron chi connectivity index (χ2n) is 8.84. The van der Waals surface area contributed by atoms with Gasteiger partial charge in [0.2, 0.25) is 5.91 Å². The molecule has 176 valence electrons. The van der Waals surface area contributed by atoms with Crippen LogP contribution in [0.25, 0.3) is 0 Å². The monoisotopic (exact) mass is 487 g/mol. The van der Waals surface area contributed by atoms with Crippen molar-refractivity contribution in [2.75, 3.05) is 18.1 Å². The number of sulfone groups is 1. The van der Waals surface area contributed by atoms with E-state index in [1.54, 1.807) is 47.4 Å². The Morgan fingerprint density at radius 2 is 1.73 bits per heavy atom. The van der Waals surface area contributed by atoms with Crippen molar-refractivity contribution in [3.8, 4) is 5.75 Å². The Hall–Kier alpha value is -2.57. The normalized spacial score (nSPS) is 15.9. The maximum absolute atomic E-state index is 14.0. The van der Waals surface area contributed by atoms with E-state index in [1.807, 2.05) is 20.8 Å². The molecule has 0 bridgehead atoms. The second kappa shape index (κ2) is 9.35. The van der Waals surface area contributed by atoms with Crippen molar-refractivity contribution in [3.05, 3.63) is 78.4 Å². The molecule has 0 unspecified atom stereocenters. The van der Waals surface area contributed by atoms with Gasteiger partial charge in [0.05, 0.1) is 16.0 Å². The molecule has 1 aliphatic rings. The lowest BCUT2D eigenvalue weighted by molar-refractivity contribution is -0.127. The maximum atomic E-state index is 14.0. The van der Waals surface area contributed by atoms with Gasteiger partial charge < -0.3 is 9.64 Å². The summed E-state index contributed by atoms with van der Waals surface area (Å²) in [6.07, 6.45) is 3.55. The molecular formula is C26H30ClNO4S. The number of amides is 1. The number of halogens is 1. The van der Waals surface area contributed by atoms with Crippen LogP contribution in [0.4, 0.5) is 5.69 Å². The minimum atomic E-state index is -3.88. The Labute approximate surface area is 201 Å². The molecule has 5 nitrogen and oxygen atoms in total. The zero-order valence-corrected chi connectivity index (χ0v) is 20.9. The summed E-state index contributed by atoms with van der Waals surface area (Å²) in [4.78, 5) is 14.9. The number of hydrogen-bond donors (Lipinski definition) is 0. The Kier molecular flexibility index (Phi) is 7.10. The largest absolute Gasteiger partial charge is 0.490 e. The first kappa shape index (κ1) is 25.1. The zero-order valence-electron chi connectivity index (χ0n) is 19.3. The van der Waals surface area contributed by atoms with Crippen molar-refractivity contribution < 1.29 is 17.9 Å². The highest BCUT2D eigenvalue weighted by molar-refractivity contribution is 7.92. The van der Waals surface area contributed by atoms with E-state index >= 15 is 0 Å². The van der Waals surface area contributed by atoms with Gasteiger partial charge in [-0.3, -0.25) is 4.79 Å².